The molecule has 10 heteroatoms. The molecule has 1 saturated heterocycles. The van der Waals surface area contributed by atoms with E-state index in [0.29, 0.717) is 23.3 Å². The molecule has 2 aliphatic rings. The van der Waals surface area contributed by atoms with Crippen LogP contribution in [0.25, 0.3) is 16.6 Å². The third-order valence-electron chi connectivity index (χ3n) is 6.25. The van der Waals surface area contributed by atoms with Crippen LogP contribution in [0.4, 0.5) is 5.69 Å². The predicted octanol–water partition coefficient (Wildman–Crippen LogP) is 1.91. The highest BCUT2D eigenvalue weighted by atomic mass is 32.2. The zero-order chi connectivity index (χ0) is 21.3. The van der Waals surface area contributed by atoms with Crippen LogP contribution in [0.15, 0.2) is 36.9 Å². The molecule has 9 nitrogen and oxygen atoms in total. The van der Waals surface area contributed by atoms with Crippen molar-refractivity contribution in [2.45, 2.75) is 19.8 Å². The highest BCUT2D eigenvalue weighted by molar-refractivity contribution is 7.89. The Hall–Kier alpha value is -3.19. The van der Waals surface area contributed by atoms with Crippen molar-refractivity contribution in [1.29, 1.82) is 5.26 Å². The van der Waals surface area contributed by atoms with E-state index in [4.69, 9.17) is 0 Å². The van der Waals surface area contributed by atoms with Gasteiger partial charge < -0.3 is 4.90 Å². The average Bonchev–Trinajstić information content (AvgIpc) is 3.16. The molecule has 4 heterocycles. The van der Waals surface area contributed by atoms with Gasteiger partial charge in [0, 0.05) is 36.0 Å². The number of carbonyl (C=O) groups excluding carboxylic acids is 1. The van der Waals surface area contributed by atoms with Crippen LogP contribution in [0.5, 0.6) is 0 Å². The maximum absolute atomic E-state index is 13.4. The summed E-state index contributed by atoms with van der Waals surface area (Å²) in [5.41, 5.74) is 1.82. The Bertz CT molecular complexity index is 1330. The molecule has 0 radical (unpaired) electrons. The third-order valence-corrected chi connectivity index (χ3v) is 7.13. The molecule has 2 atom stereocenters. The fourth-order valence-corrected chi connectivity index (χ4v) is 5.05. The van der Waals surface area contributed by atoms with Crippen molar-refractivity contribution in [3.8, 4) is 17.2 Å². The molecule has 154 valence electrons. The number of hydrogen-bond acceptors (Lipinski definition) is 6. The SMILES string of the molecule is C[C@@H]1CN(c2ccnn3cc(-c4cnn(S(C)(=O)=O)c4)cc23)C(=O)[C@]1(C#N)C1CC1. The topological polar surface area (TPSA) is 113 Å². The summed E-state index contributed by atoms with van der Waals surface area (Å²) in [5, 5.41) is 18.1. The number of anilines is 1. The molecular weight excluding hydrogens is 404 g/mol. The van der Waals surface area contributed by atoms with Gasteiger partial charge in [-0.05, 0) is 30.9 Å². The largest absolute Gasteiger partial charge is 0.309 e. The van der Waals surface area contributed by atoms with Gasteiger partial charge in [-0.1, -0.05) is 6.92 Å². The molecule has 2 fully saturated rings. The molecule has 5 rings (SSSR count). The summed E-state index contributed by atoms with van der Waals surface area (Å²) in [4.78, 5) is 15.1. The number of aromatic nitrogens is 4. The lowest BCUT2D eigenvalue weighted by atomic mass is 9.75. The van der Waals surface area contributed by atoms with Gasteiger partial charge in [0.2, 0.25) is 5.91 Å². The van der Waals surface area contributed by atoms with Crippen molar-refractivity contribution in [1.82, 2.24) is 18.8 Å². The number of fused-ring (bicyclic) bond motifs is 1. The summed E-state index contributed by atoms with van der Waals surface area (Å²) in [6, 6.07) is 5.99. The van der Waals surface area contributed by atoms with Crippen LogP contribution in [0.3, 0.4) is 0 Å². The number of carbonyl (C=O) groups is 1. The summed E-state index contributed by atoms with van der Waals surface area (Å²) in [6.07, 6.45) is 9.23. The summed E-state index contributed by atoms with van der Waals surface area (Å²) in [6.45, 7) is 2.45. The minimum absolute atomic E-state index is 0.0573. The Morgan fingerprint density at radius 1 is 1.23 bits per heavy atom. The molecule has 1 saturated carbocycles. The molecule has 0 spiro atoms. The van der Waals surface area contributed by atoms with Crippen molar-refractivity contribution in [2.75, 3.05) is 17.7 Å². The van der Waals surface area contributed by atoms with Gasteiger partial charge in [0.1, 0.15) is 5.41 Å². The van der Waals surface area contributed by atoms with Crippen LogP contribution in [-0.2, 0) is 14.8 Å². The van der Waals surface area contributed by atoms with E-state index in [1.54, 1.807) is 27.9 Å². The first kappa shape index (κ1) is 18.8. The second-order valence-corrected chi connectivity index (χ2v) is 10.1. The number of hydrogen-bond donors (Lipinski definition) is 0. The zero-order valence-electron chi connectivity index (χ0n) is 16.6. The molecular formula is C20H20N6O3S. The Morgan fingerprint density at radius 2 is 2.00 bits per heavy atom. The molecule has 1 aliphatic heterocycles. The molecule has 30 heavy (non-hydrogen) atoms. The molecule has 0 unspecified atom stereocenters. The monoisotopic (exact) mass is 424 g/mol. The Labute approximate surface area is 173 Å². The molecule has 1 amide bonds. The molecule has 1 aliphatic carbocycles. The molecule has 0 bridgehead atoms. The van der Waals surface area contributed by atoms with Gasteiger partial charge >= 0.3 is 0 Å². The first-order valence-electron chi connectivity index (χ1n) is 9.72. The Balaban J connectivity index is 1.58. The minimum atomic E-state index is -3.47. The van der Waals surface area contributed by atoms with Crippen molar-refractivity contribution in [3.63, 3.8) is 0 Å². The molecule has 0 aromatic carbocycles. The summed E-state index contributed by atoms with van der Waals surface area (Å²) >= 11 is 0. The van der Waals surface area contributed by atoms with Gasteiger partial charge in [0.15, 0.2) is 0 Å². The van der Waals surface area contributed by atoms with Crippen molar-refractivity contribution < 1.29 is 13.2 Å². The summed E-state index contributed by atoms with van der Waals surface area (Å²) in [5.74, 6) is -0.0593. The van der Waals surface area contributed by atoms with Crippen LogP contribution >= 0.6 is 0 Å². The molecule has 0 N–H and O–H groups in total. The minimum Gasteiger partial charge on any atom is -0.309 e. The van der Waals surface area contributed by atoms with E-state index >= 15 is 0 Å². The van der Waals surface area contributed by atoms with Gasteiger partial charge in [-0.15, -0.1) is 0 Å². The van der Waals surface area contributed by atoms with Gasteiger partial charge in [0.25, 0.3) is 10.0 Å². The first-order valence-corrected chi connectivity index (χ1v) is 11.6. The van der Waals surface area contributed by atoms with Gasteiger partial charge in [-0.2, -0.15) is 19.5 Å². The quantitative estimate of drug-likeness (QED) is 0.632. The van der Waals surface area contributed by atoms with Crippen molar-refractivity contribution in [2.24, 2.45) is 17.3 Å². The lowest BCUT2D eigenvalue weighted by Gasteiger charge is -2.23. The van der Waals surface area contributed by atoms with E-state index < -0.39 is 15.4 Å². The van der Waals surface area contributed by atoms with Gasteiger partial charge in [-0.3, -0.25) is 4.79 Å². The van der Waals surface area contributed by atoms with E-state index in [2.05, 4.69) is 16.3 Å². The van der Waals surface area contributed by atoms with Crippen LogP contribution in [-0.4, -0.2) is 45.9 Å². The van der Waals surface area contributed by atoms with Crippen molar-refractivity contribution in [3.05, 3.63) is 36.9 Å². The Kier molecular flexibility index (Phi) is 3.86. The maximum atomic E-state index is 13.4. The lowest BCUT2D eigenvalue weighted by Crippen LogP contribution is -2.37. The number of nitrogens with zero attached hydrogens (tertiary/aromatic N) is 6. The third kappa shape index (κ3) is 2.58. The summed E-state index contributed by atoms with van der Waals surface area (Å²) in [7, 11) is -3.47. The van der Waals surface area contributed by atoms with E-state index in [1.165, 1.54) is 12.4 Å². The fourth-order valence-electron chi connectivity index (χ4n) is 4.53. The molecule has 3 aromatic heterocycles. The lowest BCUT2D eigenvalue weighted by molar-refractivity contribution is -0.124. The normalized spacial score (nSPS) is 24.5. The number of nitriles is 1. The van der Waals surface area contributed by atoms with E-state index in [1.807, 2.05) is 13.0 Å². The maximum Gasteiger partial charge on any atom is 0.250 e. The van der Waals surface area contributed by atoms with Crippen LogP contribution in [0, 0.1) is 28.6 Å². The van der Waals surface area contributed by atoms with Crippen LogP contribution in [0.1, 0.15) is 19.8 Å². The fraction of sp³-hybridized carbons (Fsp3) is 0.400. The van der Waals surface area contributed by atoms with Crippen LogP contribution < -0.4 is 4.90 Å². The van der Waals surface area contributed by atoms with Gasteiger partial charge in [0.05, 0.1) is 35.9 Å². The van der Waals surface area contributed by atoms with Gasteiger partial charge in [-0.25, -0.2) is 12.9 Å². The zero-order valence-corrected chi connectivity index (χ0v) is 17.4. The number of rotatable bonds is 4. The summed E-state index contributed by atoms with van der Waals surface area (Å²) < 4.78 is 26.0. The highest BCUT2D eigenvalue weighted by Crippen LogP contribution is 2.54. The predicted molar refractivity (Wildman–Crippen MR) is 109 cm³/mol. The smallest absolute Gasteiger partial charge is 0.250 e. The second kappa shape index (κ2) is 6.15. The average molecular weight is 424 g/mol. The van der Waals surface area contributed by atoms with E-state index in [-0.39, 0.29) is 17.7 Å². The first-order chi connectivity index (χ1) is 14.3. The standard InChI is InChI=1S/C20H20N6O3S/c1-13-9-24(19(27)20(13,12-21)16-3-4-16)17-5-6-22-25-10-14(7-18(17)25)15-8-23-26(11-15)30(2,28)29/h5-8,10-11,13,16H,3-4,9H2,1-2H3/t13-,20+/m1/s1. The van der Waals surface area contributed by atoms with E-state index in [9.17, 15) is 18.5 Å². The number of amides is 1. The highest BCUT2D eigenvalue weighted by Gasteiger charge is 2.61. The van der Waals surface area contributed by atoms with Crippen LogP contribution in [0.2, 0.25) is 0 Å². The van der Waals surface area contributed by atoms with Crippen molar-refractivity contribution >= 4 is 27.1 Å². The Morgan fingerprint density at radius 3 is 2.63 bits per heavy atom. The second-order valence-electron chi connectivity index (χ2n) is 8.21. The molecule has 3 aromatic rings. The van der Waals surface area contributed by atoms with E-state index in [0.717, 1.165) is 28.7 Å².